The summed E-state index contributed by atoms with van der Waals surface area (Å²) >= 11 is 0. The molecular weight excluding hydrogens is 1940 g/mol. The second-order valence-electron chi connectivity index (χ2n) is 39.8. The molecule has 3 aromatic rings. The van der Waals surface area contributed by atoms with Gasteiger partial charge in [-0.1, -0.05) is 167 Å². The lowest BCUT2D eigenvalue weighted by Gasteiger charge is -2.36. The van der Waals surface area contributed by atoms with Crippen LogP contribution in [-0.4, -0.2) is 350 Å². The molecule has 832 valence electrons. The van der Waals surface area contributed by atoms with E-state index in [-0.39, 0.29) is 79.6 Å². The molecule has 4 heterocycles. The van der Waals surface area contributed by atoms with E-state index in [0.717, 1.165) is 60.2 Å². The summed E-state index contributed by atoms with van der Waals surface area (Å²) in [5.41, 5.74) is 2.41. The number of hydrogen-bond donors (Lipinski definition) is 9. The van der Waals surface area contributed by atoms with Gasteiger partial charge in [0, 0.05) is 154 Å². The average molecular weight is 2100 g/mol. The molecule has 42 heteroatoms. The van der Waals surface area contributed by atoms with Gasteiger partial charge >= 0.3 is 36.1 Å². The SMILES string of the molecule is C/C=C(\C)[C@H]1OC(=O)[C@@H](C)NC(=O)[C@H](C(C)CC)NC(=O)CN(C)C(=O)[C@@H](Cc2ccccc2)N(C)C(=O)[C@H](C)NC(=O)[C@@H](CC(C)C)OC(=O)/C(C)=C/C[C@H](OC(=O)N2CCN(CCO)CC2)[C@@H]1C.C/C=C(\C)[C@H]1OC(=O)[C@@H](C)NC(=O)[C@H](C(C)CC)NC(=O)CN(C)C(=O)[C@@H](Cc2ccccc2)N(C)C(=O)[C@H](C)NC(=O)[C@@H](CC(C)C)OC(=O)/C(C)=C/C[C@H](OC(=O)Oc2ccc([N+](=O)[O-])cc2)[C@@H]1C.OCCN1CCNCC1. The number of cyclic esters (lactones) is 4. The quantitative estimate of drug-likeness (QED) is 0.0119. The lowest BCUT2D eigenvalue weighted by molar-refractivity contribution is -0.384. The highest BCUT2D eigenvalue weighted by atomic mass is 16.7. The van der Waals surface area contributed by atoms with Gasteiger partial charge in [0.25, 0.3) is 17.5 Å². The Labute approximate surface area is 881 Å². The number of nitro benzene ring substituents is 1. The summed E-state index contributed by atoms with van der Waals surface area (Å²) in [5.74, 6) is -13.0. The number of β-amino-alcohol motifs (C(OH)–C–C–N with tert-alkyl or cyclic N) is 2. The summed E-state index contributed by atoms with van der Waals surface area (Å²) in [5, 5.41) is 48.5. The molecule has 0 spiro atoms. The number of nitrogens with one attached hydrogen (secondary N) is 7. The maximum atomic E-state index is 14.3. The van der Waals surface area contributed by atoms with Crippen molar-refractivity contribution in [3.63, 3.8) is 0 Å². The molecular formula is C108H163N15O27. The van der Waals surface area contributed by atoms with Crippen LogP contribution >= 0.6 is 0 Å². The van der Waals surface area contributed by atoms with Gasteiger partial charge in [-0.25, -0.2) is 28.8 Å². The molecule has 0 aliphatic carbocycles. The molecule has 7 rings (SSSR count). The molecule has 11 amide bonds. The number of nitro groups is 1. The van der Waals surface area contributed by atoms with Crippen molar-refractivity contribution in [3.05, 3.63) is 153 Å². The summed E-state index contributed by atoms with van der Waals surface area (Å²) in [4.78, 5) is 243. The molecule has 2 fully saturated rings. The monoisotopic (exact) mass is 2100 g/mol. The van der Waals surface area contributed by atoms with Gasteiger partial charge in [-0.2, -0.15) is 0 Å². The number of ether oxygens (including phenoxy) is 7. The number of likely N-dealkylation sites (N-methyl/N-ethyl adjacent to an activating group) is 4. The molecule has 3 aromatic carbocycles. The normalized spacial score (nSPS) is 26.4. The molecule has 9 N–H and O–H groups in total. The number of aliphatic hydroxyl groups excluding tert-OH is 2. The number of carbonyl (C=O) groups is 16. The van der Waals surface area contributed by atoms with Crippen molar-refractivity contribution in [2.75, 3.05) is 120 Å². The summed E-state index contributed by atoms with van der Waals surface area (Å²) < 4.78 is 41.0. The van der Waals surface area contributed by atoms with Gasteiger partial charge in [0.2, 0.25) is 47.3 Å². The van der Waals surface area contributed by atoms with Crippen LogP contribution in [0.5, 0.6) is 5.75 Å². The van der Waals surface area contributed by atoms with Crippen molar-refractivity contribution >= 4 is 101 Å². The molecule has 0 aromatic heterocycles. The number of non-ortho nitro benzene ring substituents is 1. The van der Waals surface area contributed by atoms with Gasteiger partial charge in [0.1, 0.15) is 78.5 Å². The Hall–Kier alpha value is -13.1. The number of hydrogen-bond acceptors (Lipinski definition) is 30. The van der Waals surface area contributed by atoms with E-state index in [1.807, 2.05) is 52.5 Å². The lowest BCUT2D eigenvalue weighted by Crippen LogP contribution is -2.57. The van der Waals surface area contributed by atoms with Gasteiger partial charge in [-0.05, 0) is 140 Å². The number of benzene rings is 3. The zero-order valence-electron chi connectivity index (χ0n) is 91.7. The Morgan fingerprint density at radius 3 is 1.21 bits per heavy atom. The molecule has 4 aliphatic rings. The van der Waals surface area contributed by atoms with Gasteiger partial charge < -0.3 is 105 Å². The predicted octanol–water partition coefficient (Wildman–Crippen LogP) is 7.24. The van der Waals surface area contributed by atoms with E-state index in [2.05, 4.69) is 42.1 Å². The van der Waals surface area contributed by atoms with Crippen molar-refractivity contribution in [3.8, 4) is 5.75 Å². The Bertz CT molecular complexity index is 5100. The third-order valence-corrected chi connectivity index (χ3v) is 27.0. The first kappa shape index (κ1) is 127. The molecule has 18 atom stereocenters. The van der Waals surface area contributed by atoms with Crippen molar-refractivity contribution in [2.45, 2.75) is 275 Å². The molecule has 0 saturated carbocycles. The van der Waals surface area contributed by atoms with Crippen LogP contribution in [-0.2, 0) is 108 Å². The number of piperazine rings is 2. The number of rotatable bonds is 22. The Balaban J connectivity index is 0.000000485. The molecule has 0 radical (unpaired) electrons. The van der Waals surface area contributed by atoms with E-state index < -0.39 is 222 Å². The third kappa shape index (κ3) is 41.0. The summed E-state index contributed by atoms with van der Waals surface area (Å²) in [6.45, 7) is 40.0. The van der Waals surface area contributed by atoms with E-state index in [4.69, 9.17) is 38.3 Å². The van der Waals surface area contributed by atoms with Gasteiger partial charge in [0.15, 0.2) is 12.2 Å². The summed E-state index contributed by atoms with van der Waals surface area (Å²) in [6, 6.07) is 13.1. The maximum Gasteiger partial charge on any atom is 0.514 e. The molecule has 150 heavy (non-hydrogen) atoms. The highest BCUT2D eigenvalue weighted by Crippen LogP contribution is 2.31. The summed E-state index contributed by atoms with van der Waals surface area (Å²) in [6.07, 6.45) is -1.49. The van der Waals surface area contributed by atoms with Gasteiger partial charge in [0.05, 0.1) is 31.2 Å². The highest BCUT2D eigenvalue weighted by molar-refractivity contribution is 5.99. The fourth-order valence-electron chi connectivity index (χ4n) is 16.8. The number of carbonyl (C=O) groups excluding carboxylic acids is 16. The zero-order chi connectivity index (χ0) is 112. The van der Waals surface area contributed by atoms with Crippen molar-refractivity contribution in [2.24, 2.45) is 35.5 Å². The van der Waals surface area contributed by atoms with Crippen LogP contribution in [0.2, 0.25) is 0 Å². The standard InChI is InChI=1S/C51H79N7O12.C51H70N6O14.C6H14N2O/c1-13-32(5)43-46(62)53-37(10)50(66)70-44(33(6)14-2)35(8)40(69-51(67)58-24-22-57(23-25-58)26-27-59)21-20-34(7)49(65)68-41(28-31(3)4)45(61)52-36(9)47(63)56(12)39(29-38-18-16-15-17-19-38)48(64)55(11)30-42(60)54-43;1-13-30(5)43-46(60)53-35(10)50(64)71-44(31(6)14-2)33(8)40(70-51(65)68-38-23-21-37(22-24-38)57(66)67)25-20-32(7)49(63)69-41(26-29(3)4)45(59)52-34(9)47(61)56(12)39(27-36-18-16-15-17-19-36)48(62)55(11)28-42(58)54-43;9-6-5-8-3-1-7-2-4-8/h14-20,31-32,35-37,39-41,43-44,59H,13,21-30H2,1-12H3,(H,52,61)(H,53,62)(H,54,60);14-24,29-30,33-35,39-41,43-44H,13,25-28H2,1-12H3,(H,52,59)(H,53,60)(H,54,58);7,9H,1-6H2/b33-14+,34-20+;31-14+,32-20+;/t32?,35-,36-,37+,39+,40-,41+,43-,44+;30?,33-,34-,35+,39+,40-,41+,43-,44+;/m00./s1. The molecule has 4 aliphatic heterocycles. The Kier molecular flexibility index (Phi) is 54.2. The first-order valence-corrected chi connectivity index (χ1v) is 51.6. The van der Waals surface area contributed by atoms with Crippen LogP contribution in [0.4, 0.5) is 15.3 Å². The Morgan fingerprint density at radius 2 is 0.853 bits per heavy atom. The third-order valence-electron chi connectivity index (χ3n) is 27.0. The predicted molar refractivity (Wildman–Crippen MR) is 560 cm³/mol. The highest BCUT2D eigenvalue weighted by Gasteiger charge is 2.43. The topological polar surface area (TPSA) is 528 Å². The minimum atomic E-state index is -1.37. The van der Waals surface area contributed by atoms with Crippen molar-refractivity contribution < 1.29 is 125 Å². The van der Waals surface area contributed by atoms with Crippen LogP contribution in [0.25, 0.3) is 0 Å². The number of amides is 11. The number of esters is 4. The van der Waals surface area contributed by atoms with E-state index in [0.29, 0.717) is 68.9 Å². The zero-order valence-corrected chi connectivity index (χ0v) is 91.7. The minimum absolute atomic E-state index is 0.00312. The first-order chi connectivity index (χ1) is 70.8. The molecule has 42 nitrogen and oxygen atoms in total. The maximum absolute atomic E-state index is 14.3. The number of allylic oxidation sites excluding steroid dienone is 2. The van der Waals surface area contributed by atoms with Crippen molar-refractivity contribution in [1.29, 1.82) is 0 Å². The van der Waals surface area contributed by atoms with Crippen LogP contribution < -0.4 is 42.0 Å². The van der Waals surface area contributed by atoms with E-state index in [1.54, 1.807) is 127 Å². The minimum Gasteiger partial charge on any atom is -0.456 e. The van der Waals surface area contributed by atoms with E-state index in [1.165, 1.54) is 104 Å². The second-order valence-corrected chi connectivity index (χ2v) is 39.8. The number of aliphatic hydroxyl groups is 2. The van der Waals surface area contributed by atoms with Crippen LogP contribution in [0, 0.1) is 45.6 Å². The fraction of sp³-hybridized carbons (Fsp3) is 0.611. The summed E-state index contributed by atoms with van der Waals surface area (Å²) in [7, 11) is 5.63. The molecule has 2 unspecified atom stereocenters. The molecule has 2 saturated heterocycles. The van der Waals surface area contributed by atoms with Crippen LogP contribution in [0.1, 0.15) is 188 Å². The van der Waals surface area contributed by atoms with Gasteiger partial charge in [-0.3, -0.25) is 67.9 Å². The van der Waals surface area contributed by atoms with Crippen LogP contribution in [0.15, 0.2) is 132 Å². The molecule has 0 bridgehead atoms. The van der Waals surface area contributed by atoms with E-state index in [9.17, 15) is 91.9 Å². The van der Waals surface area contributed by atoms with Crippen LogP contribution in [0.3, 0.4) is 0 Å². The largest absolute Gasteiger partial charge is 0.514 e. The smallest absolute Gasteiger partial charge is 0.456 e. The average Bonchev–Trinajstić information content (AvgIpc) is 0.830. The first-order valence-electron chi connectivity index (χ1n) is 51.6. The van der Waals surface area contributed by atoms with Gasteiger partial charge in [-0.15, -0.1) is 0 Å². The second kappa shape index (κ2) is 63.8. The van der Waals surface area contributed by atoms with Crippen molar-refractivity contribution in [1.82, 2.24) is 71.5 Å². The lowest BCUT2D eigenvalue weighted by atomic mass is 9.90. The Morgan fingerprint density at radius 1 is 0.487 bits per heavy atom. The van der Waals surface area contributed by atoms with E-state index >= 15 is 0 Å². The number of nitrogens with zero attached hydrogens (tertiary/aromatic N) is 8. The fourth-order valence-corrected chi connectivity index (χ4v) is 16.8.